The lowest BCUT2D eigenvalue weighted by atomic mass is 10.1. The van der Waals surface area contributed by atoms with Crippen LogP contribution in [-0.2, 0) is 0 Å². The largest absolute Gasteiger partial charge is 0.368 e. The summed E-state index contributed by atoms with van der Waals surface area (Å²) in [5, 5.41) is 2.95. The van der Waals surface area contributed by atoms with Gasteiger partial charge in [-0.15, -0.1) is 0 Å². The van der Waals surface area contributed by atoms with Gasteiger partial charge >= 0.3 is 6.03 Å². The summed E-state index contributed by atoms with van der Waals surface area (Å²) in [7, 11) is 0. The Balaban J connectivity index is 1.59. The fourth-order valence-electron chi connectivity index (χ4n) is 2.85. The number of amides is 2. The van der Waals surface area contributed by atoms with E-state index >= 15 is 0 Å². The molecule has 5 heteroatoms. The molecule has 1 aliphatic heterocycles. The molecule has 4 nitrogen and oxygen atoms in total. The molecule has 1 aliphatic rings. The Labute approximate surface area is 145 Å². The van der Waals surface area contributed by atoms with Crippen molar-refractivity contribution in [3.63, 3.8) is 0 Å². The Morgan fingerprint density at radius 1 is 1.04 bits per heavy atom. The highest BCUT2D eigenvalue weighted by Gasteiger charge is 2.22. The molecule has 0 radical (unpaired) electrons. The van der Waals surface area contributed by atoms with Crippen molar-refractivity contribution in [2.45, 2.75) is 6.92 Å². The highest BCUT2D eigenvalue weighted by molar-refractivity contribution is 9.10. The van der Waals surface area contributed by atoms with E-state index in [9.17, 15) is 4.79 Å². The van der Waals surface area contributed by atoms with Crippen molar-refractivity contribution in [1.29, 1.82) is 0 Å². The molecule has 1 fully saturated rings. The van der Waals surface area contributed by atoms with Gasteiger partial charge in [0.15, 0.2) is 0 Å². The number of aryl methyl sites for hydroxylation is 1. The van der Waals surface area contributed by atoms with Gasteiger partial charge in [0.25, 0.3) is 0 Å². The third kappa shape index (κ3) is 3.85. The maximum absolute atomic E-state index is 12.3. The van der Waals surface area contributed by atoms with E-state index in [1.165, 1.54) is 11.3 Å². The Morgan fingerprint density at radius 3 is 2.39 bits per heavy atom. The number of anilines is 2. The van der Waals surface area contributed by atoms with E-state index in [4.69, 9.17) is 0 Å². The van der Waals surface area contributed by atoms with Gasteiger partial charge in [0, 0.05) is 42.0 Å². The molecule has 2 aromatic carbocycles. The third-order valence-electron chi connectivity index (χ3n) is 4.09. The van der Waals surface area contributed by atoms with Crippen LogP contribution in [-0.4, -0.2) is 37.1 Å². The number of nitrogens with zero attached hydrogens (tertiary/aromatic N) is 2. The SMILES string of the molecule is Cc1cc(Br)ccc1N1CCN(C(=O)Nc2ccccc2)CC1. The standard InChI is InChI=1S/C18H20BrN3O/c1-14-13-15(19)7-8-17(14)21-9-11-22(12-10-21)18(23)20-16-5-3-2-4-6-16/h2-8,13H,9-12H2,1H3,(H,20,23). The number of rotatable bonds is 2. The second kappa shape index (κ2) is 7.04. The van der Waals surface area contributed by atoms with Crippen molar-refractivity contribution in [3.8, 4) is 0 Å². The predicted octanol–water partition coefficient (Wildman–Crippen LogP) is 4.11. The van der Waals surface area contributed by atoms with Crippen LogP contribution in [0.3, 0.4) is 0 Å². The molecular weight excluding hydrogens is 354 g/mol. The normalized spacial score (nSPS) is 14.7. The van der Waals surface area contributed by atoms with E-state index in [1.807, 2.05) is 35.2 Å². The zero-order valence-corrected chi connectivity index (χ0v) is 14.7. The first-order chi connectivity index (χ1) is 11.1. The van der Waals surface area contributed by atoms with E-state index in [0.29, 0.717) is 0 Å². The smallest absolute Gasteiger partial charge is 0.321 e. The molecule has 0 unspecified atom stereocenters. The molecule has 0 aromatic heterocycles. The summed E-state index contributed by atoms with van der Waals surface area (Å²) in [6, 6.07) is 15.9. The first-order valence-corrected chi connectivity index (χ1v) is 8.55. The maximum Gasteiger partial charge on any atom is 0.321 e. The molecule has 0 aliphatic carbocycles. The Bertz CT molecular complexity index is 682. The molecular formula is C18H20BrN3O. The van der Waals surface area contributed by atoms with Crippen LogP contribution >= 0.6 is 15.9 Å². The first kappa shape index (κ1) is 15.9. The van der Waals surface area contributed by atoms with Crippen LogP contribution in [0.4, 0.5) is 16.2 Å². The second-order valence-electron chi connectivity index (χ2n) is 5.70. The summed E-state index contributed by atoms with van der Waals surface area (Å²) >= 11 is 3.50. The van der Waals surface area contributed by atoms with E-state index in [-0.39, 0.29) is 6.03 Å². The van der Waals surface area contributed by atoms with Gasteiger partial charge in [-0.1, -0.05) is 34.1 Å². The molecule has 3 rings (SSSR count). The number of carbonyl (C=O) groups excluding carboxylic acids is 1. The lowest BCUT2D eigenvalue weighted by molar-refractivity contribution is 0.208. The highest BCUT2D eigenvalue weighted by atomic mass is 79.9. The molecule has 0 saturated carbocycles. The van der Waals surface area contributed by atoms with Crippen LogP contribution in [0.15, 0.2) is 53.0 Å². The molecule has 0 bridgehead atoms. The third-order valence-corrected chi connectivity index (χ3v) is 4.58. The van der Waals surface area contributed by atoms with Crippen molar-refractivity contribution < 1.29 is 4.79 Å². The number of nitrogens with one attached hydrogen (secondary N) is 1. The predicted molar refractivity (Wildman–Crippen MR) is 98.1 cm³/mol. The zero-order valence-electron chi connectivity index (χ0n) is 13.1. The summed E-state index contributed by atoms with van der Waals surface area (Å²) in [4.78, 5) is 16.5. The Kier molecular flexibility index (Phi) is 4.86. The first-order valence-electron chi connectivity index (χ1n) is 7.75. The summed E-state index contributed by atoms with van der Waals surface area (Å²) in [6.45, 7) is 5.28. The van der Waals surface area contributed by atoms with E-state index in [2.05, 4.69) is 51.3 Å². The lowest BCUT2D eigenvalue weighted by Gasteiger charge is -2.36. The quantitative estimate of drug-likeness (QED) is 0.859. The van der Waals surface area contributed by atoms with Crippen molar-refractivity contribution in [3.05, 3.63) is 58.6 Å². The topological polar surface area (TPSA) is 35.6 Å². The molecule has 0 atom stereocenters. The number of carbonyl (C=O) groups is 1. The van der Waals surface area contributed by atoms with Gasteiger partial charge in [0.2, 0.25) is 0 Å². The maximum atomic E-state index is 12.3. The number of urea groups is 1. The van der Waals surface area contributed by atoms with Crippen molar-refractivity contribution >= 4 is 33.3 Å². The molecule has 0 spiro atoms. The van der Waals surface area contributed by atoms with Gasteiger partial charge in [0.05, 0.1) is 0 Å². The number of piperazine rings is 1. The molecule has 120 valence electrons. The number of halogens is 1. The molecule has 1 saturated heterocycles. The van der Waals surface area contributed by atoms with Crippen molar-refractivity contribution in [2.75, 3.05) is 36.4 Å². The summed E-state index contributed by atoms with van der Waals surface area (Å²) in [5.41, 5.74) is 3.33. The fourth-order valence-corrected chi connectivity index (χ4v) is 3.32. The average molecular weight is 374 g/mol. The molecule has 2 aromatic rings. The fraction of sp³-hybridized carbons (Fsp3) is 0.278. The lowest BCUT2D eigenvalue weighted by Crippen LogP contribution is -2.50. The minimum absolute atomic E-state index is 0.0246. The van der Waals surface area contributed by atoms with Crippen molar-refractivity contribution in [1.82, 2.24) is 4.90 Å². The van der Waals surface area contributed by atoms with E-state index < -0.39 is 0 Å². The van der Waals surface area contributed by atoms with Gasteiger partial charge in [0.1, 0.15) is 0 Å². The van der Waals surface area contributed by atoms with Crippen LogP contribution < -0.4 is 10.2 Å². The Hall–Kier alpha value is -2.01. The number of para-hydroxylation sites is 1. The van der Waals surface area contributed by atoms with Crippen LogP contribution in [0.5, 0.6) is 0 Å². The van der Waals surface area contributed by atoms with Gasteiger partial charge in [-0.2, -0.15) is 0 Å². The number of benzene rings is 2. The van der Waals surface area contributed by atoms with Gasteiger partial charge < -0.3 is 15.1 Å². The summed E-state index contributed by atoms with van der Waals surface area (Å²) < 4.78 is 1.10. The summed E-state index contributed by atoms with van der Waals surface area (Å²) in [5.74, 6) is 0. The van der Waals surface area contributed by atoms with E-state index in [0.717, 1.165) is 36.3 Å². The average Bonchev–Trinajstić information content (AvgIpc) is 2.56. The molecule has 23 heavy (non-hydrogen) atoms. The van der Waals surface area contributed by atoms with Crippen LogP contribution in [0.1, 0.15) is 5.56 Å². The van der Waals surface area contributed by atoms with Gasteiger partial charge in [-0.3, -0.25) is 0 Å². The van der Waals surface area contributed by atoms with Crippen LogP contribution in [0, 0.1) is 6.92 Å². The monoisotopic (exact) mass is 373 g/mol. The molecule has 1 heterocycles. The second-order valence-corrected chi connectivity index (χ2v) is 6.62. The number of hydrogen-bond acceptors (Lipinski definition) is 2. The molecule has 1 N–H and O–H groups in total. The highest BCUT2D eigenvalue weighted by Crippen LogP contribution is 2.25. The Morgan fingerprint density at radius 2 is 1.74 bits per heavy atom. The minimum Gasteiger partial charge on any atom is -0.368 e. The zero-order chi connectivity index (χ0) is 16.2. The van der Waals surface area contributed by atoms with Gasteiger partial charge in [-0.25, -0.2) is 4.79 Å². The van der Waals surface area contributed by atoms with Crippen molar-refractivity contribution in [2.24, 2.45) is 0 Å². The van der Waals surface area contributed by atoms with Crippen LogP contribution in [0.25, 0.3) is 0 Å². The van der Waals surface area contributed by atoms with Gasteiger partial charge in [-0.05, 0) is 42.8 Å². The van der Waals surface area contributed by atoms with Crippen LogP contribution in [0.2, 0.25) is 0 Å². The molecule has 2 amide bonds. The number of hydrogen-bond donors (Lipinski definition) is 1. The minimum atomic E-state index is -0.0246. The summed E-state index contributed by atoms with van der Waals surface area (Å²) in [6.07, 6.45) is 0. The van der Waals surface area contributed by atoms with E-state index in [1.54, 1.807) is 0 Å².